The second kappa shape index (κ2) is 8.86. The second-order valence-corrected chi connectivity index (χ2v) is 8.69. The highest BCUT2D eigenvalue weighted by atomic mass is 32.1. The van der Waals surface area contributed by atoms with Gasteiger partial charge in [-0.15, -0.1) is 11.3 Å². The summed E-state index contributed by atoms with van der Waals surface area (Å²) in [5.74, 6) is 0.776. The standard InChI is InChI=1S/C22H27N3O2S/c26-21(10-4-8-17-6-2-1-3-7-17)24-13-11-19-18(15-24)9-5-12-25(19)22(27)20-14-23-16-28-20/h1-3,6-7,14,16,18-19H,4-5,8-13,15H2/t18-,19+/m1/s1. The number of carbonyl (C=O) groups excluding carboxylic acids is 2. The van der Waals surface area contributed by atoms with Gasteiger partial charge in [-0.05, 0) is 43.6 Å². The fourth-order valence-electron chi connectivity index (χ4n) is 4.59. The Bertz CT molecular complexity index is 793. The van der Waals surface area contributed by atoms with E-state index in [1.54, 1.807) is 11.7 Å². The summed E-state index contributed by atoms with van der Waals surface area (Å²) in [6, 6.07) is 10.6. The molecule has 2 atom stereocenters. The van der Waals surface area contributed by atoms with E-state index in [2.05, 4.69) is 17.1 Å². The fourth-order valence-corrected chi connectivity index (χ4v) is 5.17. The van der Waals surface area contributed by atoms with E-state index in [0.29, 0.717) is 12.3 Å². The summed E-state index contributed by atoms with van der Waals surface area (Å²) < 4.78 is 0. The van der Waals surface area contributed by atoms with Crippen LogP contribution in [-0.2, 0) is 11.2 Å². The number of rotatable bonds is 5. The van der Waals surface area contributed by atoms with Gasteiger partial charge >= 0.3 is 0 Å². The minimum absolute atomic E-state index is 0.111. The summed E-state index contributed by atoms with van der Waals surface area (Å²) in [6.07, 6.45) is 7.12. The van der Waals surface area contributed by atoms with Gasteiger partial charge < -0.3 is 9.80 Å². The predicted octanol–water partition coefficient (Wildman–Crippen LogP) is 3.62. The molecule has 0 spiro atoms. The summed E-state index contributed by atoms with van der Waals surface area (Å²) in [6.45, 7) is 2.38. The molecule has 2 aliphatic heterocycles. The van der Waals surface area contributed by atoms with Crippen LogP contribution < -0.4 is 0 Å². The second-order valence-electron chi connectivity index (χ2n) is 7.80. The first-order chi connectivity index (χ1) is 13.7. The molecule has 1 aromatic carbocycles. The quantitative estimate of drug-likeness (QED) is 0.774. The van der Waals surface area contributed by atoms with Gasteiger partial charge in [-0.25, -0.2) is 0 Å². The summed E-state index contributed by atoms with van der Waals surface area (Å²) in [4.78, 5) is 34.4. The summed E-state index contributed by atoms with van der Waals surface area (Å²) in [7, 11) is 0. The van der Waals surface area contributed by atoms with Crippen LogP contribution in [0, 0.1) is 5.92 Å². The molecule has 0 saturated carbocycles. The molecule has 28 heavy (non-hydrogen) atoms. The Hall–Kier alpha value is -2.21. The Labute approximate surface area is 170 Å². The molecule has 6 heteroatoms. The number of fused-ring (bicyclic) bond motifs is 1. The molecule has 0 N–H and O–H groups in total. The van der Waals surface area contributed by atoms with Crippen LogP contribution in [0.25, 0.3) is 0 Å². The van der Waals surface area contributed by atoms with Crippen molar-refractivity contribution in [1.82, 2.24) is 14.8 Å². The lowest BCUT2D eigenvalue weighted by molar-refractivity contribution is -0.134. The van der Waals surface area contributed by atoms with Crippen LogP contribution >= 0.6 is 11.3 Å². The molecule has 4 rings (SSSR count). The molecule has 148 valence electrons. The SMILES string of the molecule is O=C(CCCc1ccccc1)N1CC[C@H]2[C@H](CCCN2C(=O)c2cncs2)C1. The number of benzene rings is 1. The lowest BCUT2D eigenvalue weighted by Crippen LogP contribution is -2.56. The number of likely N-dealkylation sites (tertiary alicyclic amines) is 2. The minimum atomic E-state index is 0.111. The van der Waals surface area contributed by atoms with Crippen LogP contribution in [0.1, 0.15) is 47.3 Å². The maximum atomic E-state index is 12.8. The van der Waals surface area contributed by atoms with Gasteiger partial charge in [0.05, 0.1) is 11.7 Å². The van der Waals surface area contributed by atoms with E-state index in [-0.39, 0.29) is 17.9 Å². The maximum Gasteiger partial charge on any atom is 0.265 e. The number of carbonyl (C=O) groups is 2. The van der Waals surface area contributed by atoms with Crippen LogP contribution in [0.4, 0.5) is 0 Å². The van der Waals surface area contributed by atoms with Gasteiger partial charge in [0.2, 0.25) is 5.91 Å². The third-order valence-electron chi connectivity index (χ3n) is 6.02. The molecule has 2 amide bonds. The first-order valence-electron chi connectivity index (χ1n) is 10.2. The minimum Gasteiger partial charge on any atom is -0.342 e. The van der Waals surface area contributed by atoms with E-state index in [0.717, 1.165) is 56.6 Å². The topological polar surface area (TPSA) is 53.5 Å². The molecular weight excluding hydrogens is 370 g/mol. The van der Waals surface area contributed by atoms with Crippen molar-refractivity contribution in [3.8, 4) is 0 Å². The molecule has 1 aromatic heterocycles. The number of aromatic nitrogens is 1. The highest BCUT2D eigenvalue weighted by molar-refractivity contribution is 7.11. The van der Waals surface area contributed by atoms with Crippen LogP contribution in [0.2, 0.25) is 0 Å². The Balaban J connectivity index is 1.30. The Morgan fingerprint density at radius 1 is 1.14 bits per heavy atom. The zero-order valence-electron chi connectivity index (χ0n) is 16.1. The smallest absolute Gasteiger partial charge is 0.265 e. The number of hydrogen-bond acceptors (Lipinski definition) is 4. The number of hydrogen-bond donors (Lipinski definition) is 0. The van der Waals surface area contributed by atoms with Crippen LogP contribution in [0.15, 0.2) is 42.0 Å². The van der Waals surface area contributed by atoms with Gasteiger partial charge in [-0.2, -0.15) is 0 Å². The normalized spacial score (nSPS) is 22.0. The highest BCUT2D eigenvalue weighted by Crippen LogP contribution is 2.32. The van der Waals surface area contributed by atoms with Gasteiger partial charge in [-0.3, -0.25) is 14.6 Å². The fraction of sp³-hybridized carbons (Fsp3) is 0.500. The maximum absolute atomic E-state index is 12.8. The molecule has 2 aliphatic rings. The molecular formula is C22H27N3O2S. The number of aryl methyl sites for hydroxylation is 1. The van der Waals surface area contributed by atoms with E-state index in [1.165, 1.54) is 16.9 Å². The third kappa shape index (κ3) is 4.27. The number of amides is 2. The average molecular weight is 398 g/mol. The van der Waals surface area contributed by atoms with Crippen LogP contribution in [0.5, 0.6) is 0 Å². The van der Waals surface area contributed by atoms with Gasteiger partial charge in [0, 0.05) is 32.1 Å². The number of nitrogens with zero attached hydrogens (tertiary/aromatic N) is 3. The van der Waals surface area contributed by atoms with Gasteiger partial charge in [-0.1, -0.05) is 30.3 Å². The highest BCUT2D eigenvalue weighted by Gasteiger charge is 2.39. The van der Waals surface area contributed by atoms with Crippen molar-refractivity contribution in [1.29, 1.82) is 0 Å². The molecule has 5 nitrogen and oxygen atoms in total. The lowest BCUT2D eigenvalue weighted by Gasteiger charge is -2.47. The Morgan fingerprint density at radius 2 is 2.00 bits per heavy atom. The predicted molar refractivity (Wildman–Crippen MR) is 110 cm³/mol. The van der Waals surface area contributed by atoms with Crippen molar-refractivity contribution in [3.05, 3.63) is 52.5 Å². The largest absolute Gasteiger partial charge is 0.342 e. The van der Waals surface area contributed by atoms with Crippen molar-refractivity contribution in [3.63, 3.8) is 0 Å². The number of thiazole rings is 1. The molecule has 2 aromatic rings. The van der Waals surface area contributed by atoms with Crippen LogP contribution in [0.3, 0.4) is 0 Å². The Morgan fingerprint density at radius 3 is 2.79 bits per heavy atom. The van der Waals surface area contributed by atoms with E-state index in [1.807, 2.05) is 28.0 Å². The van der Waals surface area contributed by atoms with Gasteiger partial charge in [0.1, 0.15) is 4.88 Å². The van der Waals surface area contributed by atoms with E-state index in [4.69, 9.17) is 0 Å². The Kier molecular flexibility index (Phi) is 6.05. The van der Waals surface area contributed by atoms with Crippen molar-refractivity contribution in [2.45, 2.75) is 44.6 Å². The zero-order chi connectivity index (χ0) is 19.3. The van der Waals surface area contributed by atoms with E-state index < -0.39 is 0 Å². The van der Waals surface area contributed by atoms with Crippen molar-refractivity contribution in [2.75, 3.05) is 19.6 Å². The summed E-state index contributed by atoms with van der Waals surface area (Å²) >= 11 is 1.41. The molecule has 2 saturated heterocycles. The molecule has 0 aliphatic carbocycles. The molecule has 0 radical (unpaired) electrons. The average Bonchev–Trinajstić information content (AvgIpc) is 3.28. The van der Waals surface area contributed by atoms with Crippen molar-refractivity contribution >= 4 is 23.2 Å². The summed E-state index contributed by atoms with van der Waals surface area (Å²) in [5, 5.41) is 0. The third-order valence-corrected chi connectivity index (χ3v) is 6.78. The van der Waals surface area contributed by atoms with Crippen molar-refractivity contribution < 1.29 is 9.59 Å². The monoisotopic (exact) mass is 397 g/mol. The first kappa shape index (κ1) is 19.1. The van der Waals surface area contributed by atoms with Gasteiger partial charge in [0.25, 0.3) is 5.91 Å². The van der Waals surface area contributed by atoms with Crippen molar-refractivity contribution in [2.24, 2.45) is 5.92 Å². The first-order valence-corrected chi connectivity index (χ1v) is 11.1. The van der Waals surface area contributed by atoms with E-state index >= 15 is 0 Å². The zero-order valence-corrected chi connectivity index (χ0v) is 16.9. The molecule has 2 fully saturated rings. The molecule has 0 bridgehead atoms. The van der Waals surface area contributed by atoms with Gasteiger partial charge in [0.15, 0.2) is 0 Å². The molecule has 3 heterocycles. The molecule has 0 unspecified atom stereocenters. The lowest BCUT2D eigenvalue weighted by atomic mass is 9.83. The summed E-state index contributed by atoms with van der Waals surface area (Å²) in [5.41, 5.74) is 3.00. The van der Waals surface area contributed by atoms with E-state index in [9.17, 15) is 9.59 Å². The van der Waals surface area contributed by atoms with Crippen LogP contribution in [-0.4, -0.2) is 52.3 Å². The number of piperidine rings is 2.